The molecule has 9 heteroatoms. The smallest absolute Gasteiger partial charge is 0.230 e. The number of carbonyl (C=O) groups excluding carboxylic acids is 2. The van der Waals surface area contributed by atoms with Crippen LogP contribution in [-0.2, 0) is 16.0 Å². The van der Waals surface area contributed by atoms with Crippen LogP contribution in [0, 0.1) is 11.8 Å². The summed E-state index contributed by atoms with van der Waals surface area (Å²) in [6, 6.07) is 5.51. The maximum absolute atomic E-state index is 13.4. The van der Waals surface area contributed by atoms with E-state index in [0.29, 0.717) is 18.0 Å². The van der Waals surface area contributed by atoms with E-state index in [0.717, 1.165) is 126 Å². The largest absolute Gasteiger partial charge is 0.489 e. The van der Waals surface area contributed by atoms with E-state index < -0.39 is 0 Å². The molecule has 5 fully saturated rings. The molecule has 5 heterocycles. The number of anilines is 1. The average molecular weight is 601 g/mol. The molecule has 1 aromatic heterocycles. The normalized spacial score (nSPS) is 25.8. The number of amides is 2. The molecule has 8 rings (SSSR count). The Kier molecular flexibility index (Phi) is 7.65. The van der Waals surface area contributed by atoms with Crippen LogP contribution in [-0.4, -0.2) is 88.9 Å². The standard InChI is InChI=1S/C35H48N6O3/c1-23-5-8-31-32(41(23)35(43)24-6-7-24)10-9-30(33(31)44-29-3-2-4-29)26-19-37-40(22-26)27-13-17-39(18-14-27)34(42)25-11-15-38(16-12-25)28-20-36-21-28/h9-10,19,22-25,27-29,36H,2-8,11-18,20-21H2,1H3/t23-/m0/s1. The van der Waals surface area contributed by atoms with E-state index in [4.69, 9.17) is 9.84 Å². The van der Waals surface area contributed by atoms with Gasteiger partial charge in [-0.25, -0.2) is 0 Å². The molecule has 2 aromatic rings. The maximum atomic E-state index is 13.4. The lowest BCUT2D eigenvalue weighted by Gasteiger charge is -2.43. The van der Waals surface area contributed by atoms with Crippen molar-refractivity contribution in [3.05, 3.63) is 30.1 Å². The van der Waals surface area contributed by atoms with Crippen LogP contribution in [0.1, 0.15) is 82.7 Å². The first-order valence-corrected chi connectivity index (χ1v) is 17.5. The van der Waals surface area contributed by atoms with Gasteiger partial charge in [0.05, 0.1) is 24.0 Å². The Morgan fingerprint density at radius 1 is 0.864 bits per heavy atom. The van der Waals surface area contributed by atoms with Crippen LogP contribution in [0.3, 0.4) is 0 Å². The molecule has 2 amide bonds. The van der Waals surface area contributed by atoms with Gasteiger partial charge in [0.25, 0.3) is 0 Å². The lowest BCUT2D eigenvalue weighted by atomic mass is 9.91. The molecule has 0 radical (unpaired) electrons. The highest BCUT2D eigenvalue weighted by Crippen LogP contribution is 2.46. The first kappa shape index (κ1) is 28.6. The fourth-order valence-electron chi connectivity index (χ4n) is 8.01. The Morgan fingerprint density at radius 2 is 1.61 bits per heavy atom. The van der Waals surface area contributed by atoms with Crippen LogP contribution in [0.2, 0.25) is 0 Å². The molecule has 0 unspecified atom stereocenters. The summed E-state index contributed by atoms with van der Waals surface area (Å²) in [6.45, 7) is 8.11. The fourth-order valence-corrected chi connectivity index (χ4v) is 8.01. The SMILES string of the molecule is C[C@H]1CCc2c(ccc(-c3cnn(C4CCN(C(=O)C5CCN(C6CNC6)CC5)CC4)c3)c2OC2CCC2)N1C(=O)C1CC1. The minimum Gasteiger partial charge on any atom is -0.489 e. The number of likely N-dealkylation sites (tertiary alicyclic amines) is 2. The van der Waals surface area contributed by atoms with Crippen molar-refractivity contribution in [3.8, 4) is 16.9 Å². The lowest BCUT2D eigenvalue weighted by molar-refractivity contribution is -0.138. The number of rotatable bonds is 7. The number of carbonyl (C=O) groups is 2. The van der Waals surface area contributed by atoms with Gasteiger partial charge in [-0.05, 0) is 103 Å². The summed E-state index contributed by atoms with van der Waals surface area (Å²) in [7, 11) is 0. The van der Waals surface area contributed by atoms with Crippen LogP contribution >= 0.6 is 0 Å². The Hall–Kier alpha value is -2.91. The Labute approximate surface area is 261 Å². The number of piperidine rings is 2. The van der Waals surface area contributed by atoms with E-state index in [1.807, 2.05) is 6.20 Å². The van der Waals surface area contributed by atoms with Gasteiger partial charge in [0.1, 0.15) is 5.75 Å². The summed E-state index contributed by atoms with van der Waals surface area (Å²) in [4.78, 5) is 33.5. The van der Waals surface area contributed by atoms with Gasteiger partial charge in [-0.1, -0.05) is 0 Å². The van der Waals surface area contributed by atoms with E-state index in [1.165, 1.54) is 12.0 Å². The number of nitrogens with one attached hydrogen (secondary N) is 1. The third-order valence-corrected chi connectivity index (χ3v) is 11.5. The number of ether oxygens (including phenoxy) is 1. The van der Waals surface area contributed by atoms with Crippen LogP contribution in [0.4, 0.5) is 5.69 Å². The number of hydrogen-bond acceptors (Lipinski definition) is 6. The first-order chi connectivity index (χ1) is 21.5. The number of nitrogens with zero attached hydrogens (tertiary/aromatic N) is 5. The summed E-state index contributed by atoms with van der Waals surface area (Å²) in [5, 5.41) is 8.22. The van der Waals surface area contributed by atoms with Crippen molar-refractivity contribution in [2.24, 2.45) is 11.8 Å². The molecule has 1 aromatic carbocycles. The fraction of sp³-hybridized carbons (Fsp3) is 0.686. The van der Waals surface area contributed by atoms with Crippen LogP contribution in [0.15, 0.2) is 24.5 Å². The number of hydrogen-bond donors (Lipinski definition) is 1. The molecule has 6 aliphatic rings. The number of fused-ring (bicyclic) bond motifs is 1. The molecule has 2 saturated carbocycles. The third kappa shape index (κ3) is 5.34. The predicted molar refractivity (Wildman–Crippen MR) is 170 cm³/mol. The number of benzene rings is 1. The second-order valence-electron chi connectivity index (χ2n) is 14.4. The van der Waals surface area contributed by atoms with Gasteiger partial charge < -0.3 is 19.9 Å². The summed E-state index contributed by atoms with van der Waals surface area (Å²) in [5.74, 6) is 2.00. The predicted octanol–water partition coefficient (Wildman–Crippen LogP) is 4.41. The van der Waals surface area contributed by atoms with Gasteiger partial charge in [-0.2, -0.15) is 5.10 Å². The van der Waals surface area contributed by atoms with E-state index in [-0.39, 0.29) is 29.9 Å². The van der Waals surface area contributed by atoms with Gasteiger partial charge in [-0.3, -0.25) is 19.2 Å². The molecule has 44 heavy (non-hydrogen) atoms. The molecule has 3 saturated heterocycles. The van der Waals surface area contributed by atoms with Gasteiger partial charge in [0, 0.05) is 73.0 Å². The molecular weight excluding hydrogens is 552 g/mol. The zero-order chi connectivity index (χ0) is 29.8. The first-order valence-electron chi connectivity index (χ1n) is 17.5. The Bertz CT molecular complexity index is 1380. The highest BCUT2D eigenvalue weighted by Gasteiger charge is 2.40. The van der Waals surface area contributed by atoms with Gasteiger partial charge in [0.2, 0.25) is 11.8 Å². The van der Waals surface area contributed by atoms with Crippen molar-refractivity contribution in [1.82, 2.24) is 24.9 Å². The Balaban J connectivity index is 0.960. The monoisotopic (exact) mass is 600 g/mol. The second-order valence-corrected chi connectivity index (χ2v) is 14.4. The molecule has 2 aliphatic carbocycles. The van der Waals surface area contributed by atoms with Gasteiger partial charge >= 0.3 is 0 Å². The van der Waals surface area contributed by atoms with Crippen LogP contribution in [0.5, 0.6) is 5.75 Å². The van der Waals surface area contributed by atoms with Crippen LogP contribution in [0.25, 0.3) is 11.1 Å². The van der Waals surface area contributed by atoms with Gasteiger partial charge in [0.15, 0.2) is 0 Å². The zero-order valence-electron chi connectivity index (χ0n) is 26.3. The maximum Gasteiger partial charge on any atom is 0.230 e. The van der Waals surface area contributed by atoms with Crippen molar-refractivity contribution in [1.29, 1.82) is 0 Å². The molecular formula is C35H48N6O3. The average Bonchev–Trinajstić information content (AvgIpc) is 3.74. The van der Waals surface area contributed by atoms with Crippen molar-refractivity contribution in [3.63, 3.8) is 0 Å². The van der Waals surface area contributed by atoms with Gasteiger partial charge in [-0.15, -0.1) is 0 Å². The molecule has 0 bridgehead atoms. The molecule has 0 spiro atoms. The minimum absolute atomic E-state index is 0.184. The molecule has 1 atom stereocenters. The topological polar surface area (TPSA) is 82.9 Å². The highest BCUT2D eigenvalue weighted by atomic mass is 16.5. The van der Waals surface area contributed by atoms with E-state index in [1.54, 1.807) is 0 Å². The van der Waals surface area contributed by atoms with E-state index in [9.17, 15) is 9.59 Å². The molecule has 236 valence electrons. The summed E-state index contributed by atoms with van der Waals surface area (Å²) in [6.07, 6.45) is 15.6. The summed E-state index contributed by atoms with van der Waals surface area (Å²) >= 11 is 0. The molecule has 9 nitrogen and oxygen atoms in total. The van der Waals surface area contributed by atoms with Crippen molar-refractivity contribution >= 4 is 17.5 Å². The zero-order valence-corrected chi connectivity index (χ0v) is 26.3. The molecule has 1 N–H and O–H groups in total. The Morgan fingerprint density at radius 3 is 2.27 bits per heavy atom. The van der Waals surface area contributed by atoms with Crippen molar-refractivity contribution < 1.29 is 14.3 Å². The van der Waals surface area contributed by atoms with Crippen molar-refractivity contribution in [2.45, 2.75) is 102 Å². The quantitative estimate of drug-likeness (QED) is 0.507. The molecule has 4 aliphatic heterocycles. The summed E-state index contributed by atoms with van der Waals surface area (Å²) in [5.41, 5.74) is 4.41. The van der Waals surface area contributed by atoms with E-state index >= 15 is 0 Å². The summed E-state index contributed by atoms with van der Waals surface area (Å²) < 4.78 is 8.86. The van der Waals surface area contributed by atoms with E-state index in [2.05, 4.69) is 50.0 Å². The second kappa shape index (κ2) is 11.8. The number of aromatic nitrogens is 2. The van der Waals surface area contributed by atoms with Crippen molar-refractivity contribution in [2.75, 3.05) is 44.2 Å². The highest BCUT2D eigenvalue weighted by molar-refractivity contribution is 5.99. The lowest BCUT2D eigenvalue weighted by Crippen LogP contribution is -2.59. The minimum atomic E-state index is 0.184. The third-order valence-electron chi connectivity index (χ3n) is 11.5. The van der Waals surface area contributed by atoms with Crippen LogP contribution < -0.4 is 15.0 Å².